The van der Waals surface area contributed by atoms with Crippen molar-refractivity contribution >= 4 is 16.7 Å². The van der Waals surface area contributed by atoms with Gasteiger partial charge in [0.1, 0.15) is 29.2 Å². The van der Waals surface area contributed by atoms with Gasteiger partial charge in [-0.25, -0.2) is 14.4 Å². The van der Waals surface area contributed by atoms with Crippen molar-refractivity contribution in [3.05, 3.63) is 60.6 Å². The lowest BCUT2D eigenvalue weighted by molar-refractivity contribution is 0.419. The fourth-order valence-electron chi connectivity index (χ4n) is 3.04. The second kappa shape index (κ2) is 7.22. The van der Waals surface area contributed by atoms with Crippen LogP contribution in [0.3, 0.4) is 0 Å². The van der Waals surface area contributed by atoms with Crippen LogP contribution >= 0.6 is 0 Å². The van der Waals surface area contributed by atoms with Crippen LogP contribution in [0.5, 0.6) is 5.75 Å². The van der Waals surface area contributed by atoms with Crippen LogP contribution in [0.15, 0.2) is 49.1 Å². The summed E-state index contributed by atoms with van der Waals surface area (Å²) in [4.78, 5) is 12.9. The smallest absolute Gasteiger partial charge is 0.145 e. The minimum absolute atomic E-state index is 0.0575. The number of rotatable bonds is 5. The molecule has 7 nitrogen and oxygen atoms in total. The van der Waals surface area contributed by atoms with Gasteiger partial charge >= 0.3 is 0 Å². The maximum Gasteiger partial charge on any atom is 0.145 e. The highest BCUT2D eigenvalue weighted by Gasteiger charge is 2.15. The number of pyridine rings is 1. The molecule has 28 heavy (non-hydrogen) atoms. The lowest BCUT2D eigenvalue weighted by Gasteiger charge is -2.15. The number of hydrogen-bond acceptors (Lipinski definition) is 6. The number of benzene rings is 1. The number of aromatic nitrogens is 5. The molecule has 0 radical (unpaired) electrons. The van der Waals surface area contributed by atoms with Gasteiger partial charge < -0.3 is 10.1 Å². The van der Waals surface area contributed by atoms with Crippen LogP contribution in [0, 0.1) is 5.82 Å². The van der Waals surface area contributed by atoms with Crippen LogP contribution in [0.4, 0.5) is 10.2 Å². The number of nitrogens with zero attached hydrogens (tertiary/aromatic N) is 5. The predicted molar refractivity (Wildman–Crippen MR) is 105 cm³/mol. The highest BCUT2D eigenvalue weighted by molar-refractivity contribution is 5.96. The van der Waals surface area contributed by atoms with Gasteiger partial charge in [-0.3, -0.25) is 9.67 Å². The van der Waals surface area contributed by atoms with E-state index in [4.69, 9.17) is 4.74 Å². The summed E-state index contributed by atoms with van der Waals surface area (Å²) >= 11 is 0. The van der Waals surface area contributed by atoms with Crippen molar-refractivity contribution in [1.29, 1.82) is 0 Å². The molecule has 0 bridgehead atoms. The number of anilines is 1. The molecule has 0 aliphatic heterocycles. The molecule has 1 N–H and O–H groups in total. The molecule has 0 fully saturated rings. The average Bonchev–Trinajstić information content (AvgIpc) is 3.14. The number of aryl methyl sites for hydroxylation is 1. The van der Waals surface area contributed by atoms with Gasteiger partial charge in [-0.05, 0) is 37.3 Å². The fraction of sp³-hybridized carbons (Fsp3) is 0.200. The SMILES string of the molecule is COc1cc(-c2ccc(F)cn2)cc2c(N[C@H](C)c3ccn(C)n3)ncnc12. The Bertz CT molecular complexity index is 1130. The van der Waals surface area contributed by atoms with E-state index in [1.165, 1.54) is 18.6 Å². The molecule has 3 heterocycles. The van der Waals surface area contributed by atoms with Crippen LogP contribution in [0.2, 0.25) is 0 Å². The van der Waals surface area contributed by atoms with Crippen molar-refractivity contribution in [2.24, 2.45) is 7.05 Å². The molecule has 1 atom stereocenters. The predicted octanol–water partition coefficient (Wildman–Crippen LogP) is 3.75. The summed E-state index contributed by atoms with van der Waals surface area (Å²) in [6.45, 7) is 2.01. The van der Waals surface area contributed by atoms with Crippen molar-refractivity contribution in [2.45, 2.75) is 13.0 Å². The van der Waals surface area contributed by atoms with E-state index in [9.17, 15) is 4.39 Å². The number of hydrogen-bond donors (Lipinski definition) is 1. The summed E-state index contributed by atoms with van der Waals surface area (Å²) in [5.41, 5.74) is 3.00. The third-order valence-electron chi connectivity index (χ3n) is 4.48. The first-order chi connectivity index (χ1) is 13.5. The summed E-state index contributed by atoms with van der Waals surface area (Å²) in [5.74, 6) is 0.867. The first-order valence-corrected chi connectivity index (χ1v) is 8.76. The van der Waals surface area contributed by atoms with Crippen LogP contribution < -0.4 is 10.1 Å². The van der Waals surface area contributed by atoms with E-state index in [2.05, 4.69) is 25.4 Å². The Morgan fingerprint density at radius 1 is 1.14 bits per heavy atom. The molecular formula is C20H19FN6O. The average molecular weight is 378 g/mol. The van der Waals surface area contributed by atoms with Crippen molar-refractivity contribution in [1.82, 2.24) is 24.7 Å². The maximum absolute atomic E-state index is 13.2. The molecule has 0 saturated carbocycles. The molecule has 0 amide bonds. The molecule has 0 spiro atoms. The van der Waals surface area contributed by atoms with Gasteiger partial charge in [-0.2, -0.15) is 5.10 Å². The van der Waals surface area contributed by atoms with E-state index in [1.54, 1.807) is 17.9 Å². The summed E-state index contributed by atoms with van der Waals surface area (Å²) in [7, 11) is 3.46. The van der Waals surface area contributed by atoms with Crippen molar-refractivity contribution in [3.8, 4) is 17.0 Å². The summed E-state index contributed by atoms with van der Waals surface area (Å²) in [5, 5.41) is 8.61. The largest absolute Gasteiger partial charge is 0.494 e. The van der Waals surface area contributed by atoms with Crippen LogP contribution in [0.25, 0.3) is 22.2 Å². The number of methoxy groups -OCH3 is 1. The molecule has 4 aromatic rings. The Morgan fingerprint density at radius 3 is 2.68 bits per heavy atom. The van der Waals surface area contributed by atoms with Gasteiger partial charge in [0.05, 0.1) is 30.7 Å². The molecule has 4 rings (SSSR count). The van der Waals surface area contributed by atoms with E-state index in [0.717, 1.165) is 16.6 Å². The van der Waals surface area contributed by atoms with Gasteiger partial charge in [-0.1, -0.05) is 0 Å². The standard InChI is InChI=1S/C20H19FN6O/c1-12(16-6-7-27(2)26-16)25-20-15-8-13(17-5-4-14(21)10-22-17)9-18(28-3)19(15)23-11-24-20/h4-12H,1-3H3,(H,23,24,25)/t12-/m1/s1. The minimum atomic E-state index is -0.383. The lowest BCUT2D eigenvalue weighted by Crippen LogP contribution is -2.10. The van der Waals surface area contributed by atoms with Crippen molar-refractivity contribution in [2.75, 3.05) is 12.4 Å². The highest BCUT2D eigenvalue weighted by Crippen LogP contribution is 2.34. The normalized spacial score (nSPS) is 12.1. The highest BCUT2D eigenvalue weighted by atomic mass is 19.1. The Kier molecular flexibility index (Phi) is 4.60. The molecule has 0 saturated heterocycles. The molecular weight excluding hydrogens is 359 g/mol. The van der Waals surface area contributed by atoms with E-state index >= 15 is 0 Å². The molecule has 142 valence electrons. The molecule has 0 unspecified atom stereocenters. The third kappa shape index (κ3) is 3.36. The Labute approximate surface area is 161 Å². The zero-order valence-electron chi connectivity index (χ0n) is 15.7. The van der Waals surface area contributed by atoms with Crippen molar-refractivity contribution in [3.63, 3.8) is 0 Å². The number of fused-ring (bicyclic) bond motifs is 1. The summed E-state index contributed by atoms with van der Waals surface area (Å²) in [6, 6.07) is 8.66. The second-order valence-electron chi connectivity index (χ2n) is 6.44. The maximum atomic E-state index is 13.2. The zero-order valence-corrected chi connectivity index (χ0v) is 15.7. The molecule has 8 heteroatoms. The topological polar surface area (TPSA) is 77.8 Å². The second-order valence-corrected chi connectivity index (χ2v) is 6.44. The van der Waals surface area contributed by atoms with Crippen LogP contribution in [0.1, 0.15) is 18.7 Å². The Morgan fingerprint density at radius 2 is 2.00 bits per heavy atom. The Balaban J connectivity index is 1.80. The summed E-state index contributed by atoms with van der Waals surface area (Å²) in [6.07, 6.45) is 4.58. The monoisotopic (exact) mass is 378 g/mol. The molecule has 3 aromatic heterocycles. The number of nitrogens with one attached hydrogen (secondary N) is 1. The lowest BCUT2D eigenvalue weighted by atomic mass is 10.1. The van der Waals surface area contributed by atoms with Gasteiger partial charge in [0.15, 0.2) is 0 Å². The van der Waals surface area contributed by atoms with E-state index in [-0.39, 0.29) is 11.9 Å². The number of ether oxygens (including phenoxy) is 1. The van der Waals surface area contributed by atoms with E-state index in [0.29, 0.717) is 22.8 Å². The minimum Gasteiger partial charge on any atom is -0.494 e. The quantitative estimate of drug-likeness (QED) is 0.570. The Hall–Kier alpha value is -3.55. The van der Waals surface area contributed by atoms with Crippen LogP contribution in [-0.4, -0.2) is 31.8 Å². The van der Waals surface area contributed by atoms with Gasteiger partial charge in [0, 0.05) is 24.2 Å². The first kappa shape index (κ1) is 17.8. The molecule has 0 aliphatic rings. The summed E-state index contributed by atoms with van der Waals surface area (Å²) < 4.78 is 20.5. The van der Waals surface area contributed by atoms with Crippen LogP contribution in [-0.2, 0) is 7.05 Å². The van der Waals surface area contributed by atoms with E-state index < -0.39 is 0 Å². The zero-order chi connectivity index (χ0) is 19.7. The number of halogens is 1. The van der Waals surface area contributed by atoms with Gasteiger partial charge in [-0.15, -0.1) is 0 Å². The first-order valence-electron chi connectivity index (χ1n) is 8.76. The molecule has 0 aliphatic carbocycles. The van der Waals surface area contributed by atoms with Crippen molar-refractivity contribution < 1.29 is 9.13 Å². The van der Waals surface area contributed by atoms with Gasteiger partial charge in [0.2, 0.25) is 0 Å². The fourth-order valence-corrected chi connectivity index (χ4v) is 3.04. The van der Waals surface area contributed by atoms with Gasteiger partial charge in [0.25, 0.3) is 0 Å². The van der Waals surface area contributed by atoms with E-state index in [1.807, 2.05) is 38.4 Å². The third-order valence-corrected chi connectivity index (χ3v) is 4.48. The molecule has 1 aromatic carbocycles.